The Balaban J connectivity index is 1.73. The first-order chi connectivity index (χ1) is 10.5. The quantitative estimate of drug-likeness (QED) is 0.908. The number of carbonyl (C=O) groups excluding carboxylic acids is 1. The van der Waals surface area contributed by atoms with E-state index in [2.05, 4.69) is 10.3 Å². The molecule has 1 aliphatic carbocycles. The fraction of sp³-hybridized carbons (Fsp3) is 0.312. The molecular formula is C16H16N2O3S. The molecule has 114 valence electrons. The van der Waals surface area contributed by atoms with Crippen LogP contribution in [0.25, 0.3) is 0 Å². The standard InChI is InChI=1S/C16H16N2O3S/c1-9-17-10(8-22-9)6-15(19)18-14-7-13(16(20)21)11-4-2-3-5-12(11)14/h2-5,8,13-14H,6-7H2,1H3,(H,18,19)(H,20,21). The fourth-order valence-corrected chi connectivity index (χ4v) is 3.52. The van der Waals surface area contributed by atoms with Gasteiger partial charge in [0.15, 0.2) is 0 Å². The molecule has 0 saturated carbocycles. The van der Waals surface area contributed by atoms with Crippen molar-refractivity contribution in [2.45, 2.75) is 31.7 Å². The van der Waals surface area contributed by atoms with Crippen molar-refractivity contribution in [3.05, 3.63) is 51.5 Å². The summed E-state index contributed by atoms with van der Waals surface area (Å²) in [6.07, 6.45) is 0.622. The lowest BCUT2D eigenvalue weighted by atomic mass is 10.0. The Morgan fingerprint density at radius 2 is 2.09 bits per heavy atom. The predicted octanol–water partition coefficient (Wildman–Crippen LogP) is 2.42. The van der Waals surface area contributed by atoms with Gasteiger partial charge >= 0.3 is 5.97 Å². The number of carbonyl (C=O) groups is 2. The number of fused-ring (bicyclic) bond motifs is 1. The molecule has 2 aromatic rings. The van der Waals surface area contributed by atoms with Gasteiger partial charge in [-0.15, -0.1) is 11.3 Å². The molecule has 2 N–H and O–H groups in total. The van der Waals surface area contributed by atoms with E-state index in [1.807, 2.05) is 36.6 Å². The zero-order chi connectivity index (χ0) is 15.7. The average Bonchev–Trinajstić information content (AvgIpc) is 3.03. The van der Waals surface area contributed by atoms with Gasteiger partial charge in [0.25, 0.3) is 0 Å². The second-order valence-corrected chi connectivity index (χ2v) is 6.47. The summed E-state index contributed by atoms with van der Waals surface area (Å²) in [7, 11) is 0. The van der Waals surface area contributed by atoms with Crippen molar-refractivity contribution in [1.82, 2.24) is 10.3 Å². The van der Waals surface area contributed by atoms with Crippen LogP contribution in [0.3, 0.4) is 0 Å². The van der Waals surface area contributed by atoms with E-state index in [4.69, 9.17) is 0 Å². The van der Waals surface area contributed by atoms with Crippen LogP contribution >= 0.6 is 11.3 Å². The van der Waals surface area contributed by atoms with Gasteiger partial charge in [-0.3, -0.25) is 9.59 Å². The number of thiazole rings is 1. The van der Waals surface area contributed by atoms with E-state index in [9.17, 15) is 14.7 Å². The number of nitrogens with zero attached hydrogens (tertiary/aromatic N) is 1. The minimum atomic E-state index is -0.848. The Labute approximate surface area is 132 Å². The van der Waals surface area contributed by atoms with E-state index in [1.54, 1.807) is 0 Å². The van der Waals surface area contributed by atoms with Crippen LogP contribution in [-0.4, -0.2) is 22.0 Å². The molecule has 1 amide bonds. The third-order valence-corrected chi connectivity index (χ3v) is 4.68. The Morgan fingerprint density at radius 1 is 1.36 bits per heavy atom. The Bertz CT molecular complexity index is 726. The van der Waals surface area contributed by atoms with Gasteiger partial charge in [0.1, 0.15) is 0 Å². The molecule has 0 radical (unpaired) electrons. The molecule has 6 heteroatoms. The summed E-state index contributed by atoms with van der Waals surface area (Å²) in [6.45, 7) is 1.90. The molecule has 1 aliphatic rings. The number of aliphatic carboxylic acids is 1. The summed E-state index contributed by atoms with van der Waals surface area (Å²) in [5.74, 6) is -1.53. The predicted molar refractivity (Wildman–Crippen MR) is 82.9 cm³/mol. The van der Waals surface area contributed by atoms with Gasteiger partial charge in [0.2, 0.25) is 5.91 Å². The van der Waals surface area contributed by atoms with Crippen molar-refractivity contribution in [2.24, 2.45) is 0 Å². The maximum absolute atomic E-state index is 12.2. The fourth-order valence-electron chi connectivity index (χ4n) is 2.91. The highest BCUT2D eigenvalue weighted by Crippen LogP contribution is 2.40. The first-order valence-electron chi connectivity index (χ1n) is 7.06. The summed E-state index contributed by atoms with van der Waals surface area (Å²) in [6, 6.07) is 7.16. The van der Waals surface area contributed by atoms with Crippen molar-refractivity contribution in [2.75, 3.05) is 0 Å². The molecule has 0 bridgehead atoms. The number of carboxylic acid groups (broad SMARTS) is 1. The SMILES string of the molecule is Cc1nc(CC(=O)NC2CC(C(=O)O)c3ccccc32)cs1. The molecule has 1 aromatic carbocycles. The average molecular weight is 316 g/mol. The molecule has 1 heterocycles. The smallest absolute Gasteiger partial charge is 0.311 e. The molecule has 5 nitrogen and oxygen atoms in total. The Hall–Kier alpha value is -2.21. The van der Waals surface area contributed by atoms with Crippen LogP contribution in [0.15, 0.2) is 29.6 Å². The summed E-state index contributed by atoms with van der Waals surface area (Å²) < 4.78 is 0. The van der Waals surface area contributed by atoms with Gasteiger partial charge < -0.3 is 10.4 Å². The van der Waals surface area contributed by atoms with Gasteiger partial charge in [-0.2, -0.15) is 0 Å². The van der Waals surface area contributed by atoms with E-state index in [1.165, 1.54) is 11.3 Å². The highest BCUT2D eigenvalue weighted by Gasteiger charge is 2.35. The van der Waals surface area contributed by atoms with E-state index in [0.29, 0.717) is 6.42 Å². The number of aryl methyl sites for hydroxylation is 1. The molecule has 0 aliphatic heterocycles. The zero-order valence-corrected chi connectivity index (χ0v) is 12.9. The minimum absolute atomic E-state index is 0.129. The van der Waals surface area contributed by atoms with Crippen LogP contribution in [0, 0.1) is 6.92 Å². The van der Waals surface area contributed by atoms with Crippen molar-refractivity contribution in [3.63, 3.8) is 0 Å². The number of rotatable bonds is 4. The Morgan fingerprint density at radius 3 is 2.73 bits per heavy atom. The van der Waals surface area contributed by atoms with Crippen LogP contribution < -0.4 is 5.32 Å². The third-order valence-electron chi connectivity index (χ3n) is 3.86. The van der Waals surface area contributed by atoms with Crippen LogP contribution in [0.4, 0.5) is 0 Å². The van der Waals surface area contributed by atoms with Crippen molar-refractivity contribution in [3.8, 4) is 0 Å². The first-order valence-corrected chi connectivity index (χ1v) is 7.94. The van der Waals surface area contributed by atoms with E-state index in [0.717, 1.165) is 21.8 Å². The normalized spacial score (nSPS) is 19.7. The molecule has 0 spiro atoms. The molecule has 0 saturated heterocycles. The van der Waals surface area contributed by atoms with Gasteiger partial charge in [0, 0.05) is 5.38 Å². The van der Waals surface area contributed by atoms with Gasteiger partial charge in [-0.25, -0.2) is 4.98 Å². The maximum Gasteiger partial charge on any atom is 0.311 e. The maximum atomic E-state index is 12.2. The third kappa shape index (κ3) is 2.87. The molecular weight excluding hydrogens is 300 g/mol. The summed E-state index contributed by atoms with van der Waals surface area (Å²) >= 11 is 1.51. The number of hydrogen-bond acceptors (Lipinski definition) is 4. The van der Waals surface area contributed by atoms with E-state index >= 15 is 0 Å². The number of amides is 1. The van der Waals surface area contributed by atoms with Gasteiger partial charge in [-0.05, 0) is 24.5 Å². The Kier molecular flexibility index (Phi) is 3.94. The number of carboxylic acids is 1. The van der Waals surface area contributed by atoms with Crippen molar-refractivity contribution >= 4 is 23.2 Å². The summed E-state index contributed by atoms with van der Waals surface area (Å²) in [5, 5.41) is 15.1. The highest BCUT2D eigenvalue weighted by atomic mass is 32.1. The molecule has 22 heavy (non-hydrogen) atoms. The lowest BCUT2D eigenvalue weighted by Gasteiger charge is -2.13. The number of nitrogens with one attached hydrogen (secondary N) is 1. The minimum Gasteiger partial charge on any atom is -0.481 e. The van der Waals surface area contributed by atoms with Crippen LogP contribution in [0.1, 0.15) is 40.2 Å². The monoisotopic (exact) mass is 316 g/mol. The lowest BCUT2D eigenvalue weighted by Crippen LogP contribution is -2.29. The topological polar surface area (TPSA) is 79.3 Å². The second-order valence-electron chi connectivity index (χ2n) is 5.41. The van der Waals surface area contributed by atoms with E-state index in [-0.39, 0.29) is 18.4 Å². The van der Waals surface area contributed by atoms with Crippen LogP contribution in [-0.2, 0) is 16.0 Å². The summed E-state index contributed by atoms with van der Waals surface area (Å²) in [5.41, 5.74) is 2.45. The van der Waals surface area contributed by atoms with Crippen molar-refractivity contribution in [1.29, 1.82) is 0 Å². The highest BCUT2D eigenvalue weighted by molar-refractivity contribution is 7.09. The zero-order valence-electron chi connectivity index (χ0n) is 12.1. The second kappa shape index (κ2) is 5.88. The number of aromatic nitrogens is 1. The van der Waals surface area contributed by atoms with E-state index < -0.39 is 11.9 Å². The summed E-state index contributed by atoms with van der Waals surface area (Å²) in [4.78, 5) is 27.8. The molecule has 0 fully saturated rings. The van der Waals surface area contributed by atoms with Gasteiger partial charge in [-0.1, -0.05) is 24.3 Å². The molecule has 1 aromatic heterocycles. The molecule has 2 atom stereocenters. The van der Waals surface area contributed by atoms with Crippen molar-refractivity contribution < 1.29 is 14.7 Å². The number of hydrogen-bond donors (Lipinski definition) is 2. The largest absolute Gasteiger partial charge is 0.481 e. The molecule has 2 unspecified atom stereocenters. The number of benzene rings is 1. The van der Waals surface area contributed by atoms with Gasteiger partial charge in [0.05, 0.1) is 29.1 Å². The van der Waals surface area contributed by atoms with Crippen LogP contribution in [0.2, 0.25) is 0 Å². The first kappa shape index (κ1) is 14.7. The molecule has 3 rings (SSSR count). The lowest BCUT2D eigenvalue weighted by molar-refractivity contribution is -0.139. The van der Waals surface area contributed by atoms with Crippen LogP contribution in [0.5, 0.6) is 0 Å².